The molecule has 1 saturated carbocycles. The molecule has 6 nitrogen and oxygen atoms in total. The molecule has 6 heteroatoms. The number of nitrogens with zero attached hydrogens (tertiary/aromatic N) is 2. The van der Waals surface area contributed by atoms with Crippen molar-refractivity contribution in [3.63, 3.8) is 0 Å². The highest BCUT2D eigenvalue weighted by atomic mass is 16.2. The number of hydrogen-bond acceptors (Lipinski definition) is 3. The summed E-state index contributed by atoms with van der Waals surface area (Å²) in [5, 5.41) is 2.86. The number of imide groups is 1. The second-order valence-corrected chi connectivity index (χ2v) is 6.79. The SMILES string of the molecule is CCN(C(=O)CN1C(=O)N[C@]2(CCc3ccccc32)C1=O)C1CC1. The number of carbonyl (C=O) groups is 3. The van der Waals surface area contributed by atoms with E-state index in [1.165, 1.54) is 0 Å². The highest BCUT2D eigenvalue weighted by Crippen LogP contribution is 2.41. The van der Waals surface area contributed by atoms with Crippen LogP contribution >= 0.6 is 0 Å². The zero-order valence-electron chi connectivity index (χ0n) is 13.7. The number of benzene rings is 1. The van der Waals surface area contributed by atoms with Gasteiger partial charge in [0.2, 0.25) is 5.91 Å². The summed E-state index contributed by atoms with van der Waals surface area (Å²) in [6.07, 6.45) is 3.34. The van der Waals surface area contributed by atoms with Crippen LogP contribution in [0.2, 0.25) is 0 Å². The van der Waals surface area contributed by atoms with E-state index in [2.05, 4.69) is 5.32 Å². The Labute approximate surface area is 140 Å². The van der Waals surface area contributed by atoms with Crippen LogP contribution in [0.1, 0.15) is 37.3 Å². The topological polar surface area (TPSA) is 69.7 Å². The van der Waals surface area contributed by atoms with E-state index in [0.717, 1.165) is 35.3 Å². The fourth-order valence-corrected chi connectivity index (χ4v) is 3.98. The molecule has 1 spiro atoms. The number of amides is 4. The smallest absolute Gasteiger partial charge is 0.325 e. The van der Waals surface area contributed by atoms with E-state index in [0.29, 0.717) is 13.0 Å². The van der Waals surface area contributed by atoms with E-state index in [4.69, 9.17) is 0 Å². The first kappa shape index (κ1) is 15.2. The minimum Gasteiger partial charge on any atom is -0.338 e. The van der Waals surface area contributed by atoms with Crippen molar-refractivity contribution in [2.45, 2.75) is 44.2 Å². The molecule has 1 aliphatic heterocycles. The molecule has 0 unspecified atom stereocenters. The van der Waals surface area contributed by atoms with Crippen LogP contribution in [0.5, 0.6) is 0 Å². The largest absolute Gasteiger partial charge is 0.338 e. The quantitative estimate of drug-likeness (QED) is 0.850. The van der Waals surface area contributed by atoms with Gasteiger partial charge in [0.1, 0.15) is 12.1 Å². The van der Waals surface area contributed by atoms with Gasteiger partial charge in [-0.15, -0.1) is 0 Å². The normalized spacial score (nSPS) is 25.1. The Kier molecular flexibility index (Phi) is 3.37. The summed E-state index contributed by atoms with van der Waals surface area (Å²) >= 11 is 0. The fraction of sp³-hybridized carbons (Fsp3) is 0.500. The van der Waals surface area contributed by atoms with Gasteiger partial charge in [0.15, 0.2) is 0 Å². The molecule has 1 atom stereocenters. The zero-order chi connectivity index (χ0) is 16.9. The Balaban J connectivity index is 1.58. The van der Waals surface area contributed by atoms with Gasteiger partial charge in [-0.05, 0) is 43.7 Å². The van der Waals surface area contributed by atoms with Crippen molar-refractivity contribution in [1.29, 1.82) is 0 Å². The predicted molar refractivity (Wildman–Crippen MR) is 87.1 cm³/mol. The van der Waals surface area contributed by atoms with Gasteiger partial charge in [-0.25, -0.2) is 4.79 Å². The Morgan fingerprint density at radius 2 is 2.08 bits per heavy atom. The molecule has 2 fully saturated rings. The summed E-state index contributed by atoms with van der Waals surface area (Å²) in [6, 6.07) is 7.53. The molecule has 0 radical (unpaired) electrons. The first-order chi connectivity index (χ1) is 11.6. The van der Waals surface area contributed by atoms with Crippen LogP contribution in [0.15, 0.2) is 24.3 Å². The Hall–Kier alpha value is -2.37. The van der Waals surface area contributed by atoms with Crippen molar-refractivity contribution in [1.82, 2.24) is 15.1 Å². The van der Waals surface area contributed by atoms with Gasteiger partial charge in [0, 0.05) is 12.6 Å². The molecule has 4 amide bonds. The molecule has 24 heavy (non-hydrogen) atoms. The third kappa shape index (κ3) is 2.12. The summed E-state index contributed by atoms with van der Waals surface area (Å²) in [5.41, 5.74) is 0.977. The third-order valence-corrected chi connectivity index (χ3v) is 5.36. The molecule has 1 heterocycles. The predicted octanol–water partition coefficient (Wildman–Crippen LogP) is 1.39. The fourth-order valence-electron chi connectivity index (χ4n) is 3.98. The Morgan fingerprint density at radius 1 is 1.33 bits per heavy atom. The monoisotopic (exact) mass is 327 g/mol. The number of hydrogen-bond donors (Lipinski definition) is 1. The van der Waals surface area contributed by atoms with Gasteiger partial charge in [-0.3, -0.25) is 14.5 Å². The van der Waals surface area contributed by atoms with E-state index in [1.807, 2.05) is 31.2 Å². The maximum Gasteiger partial charge on any atom is 0.325 e. The lowest BCUT2D eigenvalue weighted by molar-refractivity contribution is -0.139. The molecule has 0 bridgehead atoms. The minimum atomic E-state index is -0.982. The molecule has 0 aromatic heterocycles. The standard InChI is InChI=1S/C18H21N3O3/c1-2-20(13-7-8-13)15(22)11-21-16(23)18(19-17(21)24)10-9-12-5-3-4-6-14(12)18/h3-6,13H,2,7-11H2,1H3,(H,19,24)/t18-/m0/s1. The summed E-state index contributed by atoms with van der Waals surface area (Å²) in [6.45, 7) is 2.37. The average Bonchev–Trinajstić information content (AvgIpc) is 3.30. The average molecular weight is 327 g/mol. The molecule has 1 aromatic rings. The number of rotatable bonds is 4. The summed E-state index contributed by atoms with van der Waals surface area (Å²) in [4.78, 5) is 40.8. The number of likely N-dealkylation sites (N-methyl/N-ethyl adjacent to an activating group) is 1. The number of aryl methyl sites for hydroxylation is 1. The first-order valence-corrected chi connectivity index (χ1v) is 8.59. The molecule has 1 saturated heterocycles. The lowest BCUT2D eigenvalue weighted by Crippen LogP contribution is -2.45. The molecule has 2 aliphatic carbocycles. The van der Waals surface area contributed by atoms with E-state index in [-0.39, 0.29) is 24.4 Å². The maximum atomic E-state index is 13.0. The van der Waals surface area contributed by atoms with Crippen LogP contribution in [0.4, 0.5) is 4.79 Å². The van der Waals surface area contributed by atoms with Crippen LogP contribution in [-0.2, 0) is 21.5 Å². The number of urea groups is 1. The van der Waals surface area contributed by atoms with Gasteiger partial charge in [-0.1, -0.05) is 24.3 Å². The van der Waals surface area contributed by atoms with Crippen molar-refractivity contribution >= 4 is 17.8 Å². The van der Waals surface area contributed by atoms with Gasteiger partial charge in [-0.2, -0.15) is 0 Å². The maximum absolute atomic E-state index is 13.0. The highest BCUT2D eigenvalue weighted by Gasteiger charge is 2.55. The van der Waals surface area contributed by atoms with Crippen LogP contribution in [-0.4, -0.2) is 46.8 Å². The lowest BCUT2D eigenvalue weighted by atomic mass is 9.92. The van der Waals surface area contributed by atoms with Crippen LogP contribution in [0, 0.1) is 0 Å². The minimum absolute atomic E-state index is 0.146. The van der Waals surface area contributed by atoms with Crippen molar-refractivity contribution in [2.75, 3.05) is 13.1 Å². The molecular formula is C18H21N3O3. The highest BCUT2D eigenvalue weighted by molar-refractivity contribution is 6.09. The van der Waals surface area contributed by atoms with Gasteiger partial charge in [0.05, 0.1) is 0 Å². The van der Waals surface area contributed by atoms with E-state index >= 15 is 0 Å². The molecular weight excluding hydrogens is 306 g/mol. The number of nitrogens with one attached hydrogen (secondary N) is 1. The third-order valence-electron chi connectivity index (χ3n) is 5.36. The van der Waals surface area contributed by atoms with Crippen molar-refractivity contribution < 1.29 is 14.4 Å². The van der Waals surface area contributed by atoms with Crippen molar-refractivity contribution in [2.24, 2.45) is 0 Å². The van der Waals surface area contributed by atoms with Gasteiger partial charge in [0.25, 0.3) is 5.91 Å². The number of carbonyl (C=O) groups excluding carboxylic acids is 3. The molecule has 1 aromatic carbocycles. The molecule has 1 N–H and O–H groups in total. The number of fused-ring (bicyclic) bond motifs is 2. The second-order valence-electron chi connectivity index (χ2n) is 6.79. The summed E-state index contributed by atoms with van der Waals surface area (Å²) in [7, 11) is 0. The molecule has 126 valence electrons. The Bertz CT molecular complexity index is 728. The van der Waals surface area contributed by atoms with Crippen molar-refractivity contribution in [3.05, 3.63) is 35.4 Å². The van der Waals surface area contributed by atoms with E-state index in [1.54, 1.807) is 4.90 Å². The van der Waals surface area contributed by atoms with E-state index < -0.39 is 11.6 Å². The van der Waals surface area contributed by atoms with Crippen LogP contribution < -0.4 is 5.32 Å². The van der Waals surface area contributed by atoms with Crippen LogP contribution in [0.25, 0.3) is 0 Å². The van der Waals surface area contributed by atoms with Crippen LogP contribution in [0.3, 0.4) is 0 Å². The van der Waals surface area contributed by atoms with Crippen molar-refractivity contribution in [3.8, 4) is 0 Å². The summed E-state index contributed by atoms with van der Waals surface area (Å²) < 4.78 is 0. The molecule has 4 rings (SSSR count). The Morgan fingerprint density at radius 3 is 2.79 bits per heavy atom. The second kappa shape index (κ2) is 5.33. The van der Waals surface area contributed by atoms with Gasteiger partial charge >= 0.3 is 6.03 Å². The van der Waals surface area contributed by atoms with Gasteiger partial charge < -0.3 is 10.2 Å². The lowest BCUT2D eigenvalue weighted by Gasteiger charge is -2.24. The first-order valence-electron chi connectivity index (χ1n) is 8.59. The zero-order valence-corrected chi connectivity index (χ0v) is 13.7. The summed E-state index contributed by atoms with van der Waals surface area (Å²) in [5.74, 6) is -0.440. The van der Waals surface area contributed by atoms with E-state index in [9.17, 15) is 14.4 Å². The molecule has 3 aliphatic rings.